The Morgan fingerprint density at radius 1 is 0.864 bits per heavy atom. The fraction of sp³-hybridized carbons (Fsp3) is 0. The van der Waals surface area contributed by atoms with Gasteiger partial charge in [0.15, 0.2) is 0 Å². The van der Waals surface area contributed by atoms with Gasteiger partial charge in [-0.1, -0.05) is 47.5 Å². The summed E-state index contributed by atoms with van der Waals surface area (Å²) < 4.78 is 13.9. The Morgan fingerprint density at radius 3 is 2.14 bits per heavy atom. The van der Waals surface area contributed by atoms with Crippen LogP contribution in [0.25, 0.3) is 5.57 Å². The average molecular weight is 336 g/mol. The lowest BCUT2D eigenvalue weighted by atomic mass is 10.1. The number of amides is 2. The summed E-state index contributed by atoms with van der Waals surface area (Å²) >= 11 is 11.8. The summed E-state index contributed by atoms with van der Waals surface area (Å²) in [7, 11) is 0. The van der Waals surface area contributed by atoms with Crippen LogP contribution in [-0.2, 0) is 9.59 Å². The molecule has 0 saturated heterocycles. The Bertz CT molecular complexity index is 815. The first-order chi connectivity index (χ1) is 10.5. The van der Waals surface area contributed by atoms with Gasteiger partial charge >= 0.3 is 0 Å². The molecule has 0 aliphatic carbocycles. The zero-order chi connectivity index (χ0) is 15.9. The molecule has 2 amide bonds. The summed E-state index contributed by atoms with van der Waals surface area (Å²) in [4.78, 5) is 25.5. The number of hydrogen-bond donors (Lipinski definition) is 0. The predicted octanol–water partition coefficient (Wildman–Crippen LogP) is 4.00. The zero-order valence-electron chi connectivity index (χ0n) is 11.0. The van der Waals surface area contributed by atoms with Gasteiger partial charge in [0.1, 0.15) is 10.8 Å². The minimum Gasteiger partial charge on any atom is -0.268 e. The zero-order valence-corrected chi connectivity index (χ0v) is 12.5. The highest BCUT2D eigenvalue weighted by Crippen LogP contribution is 2.35. The molecule has 110 valence electrons. The number of imide groups is 1. The highest BCUT2D eigenvalue weighted by atomic mass is 35.5. The van der Waals surface area contributed by atoms with Crippen molar-refractivity contribution in [1.82, 2.24) is 0 Å². The Balaban J connectivity index is 2.08. The molecule has 2 aromatic rings. The number of carbonyl (C=O) groups excluding carboxylic acids is 2. The summed E-state index contributed by atoms with van der Waals surface area (Å²) in [5, 5.41) is 0.249. The molecule has 1 heterocycles. The van der Waals surface area contributed by atoms with E-state index in [4.69, 9.17) is 23.2 Å². The second kappa shape index (κ2) is 5.55. The van der Waals surface area contributed by atoms with Gasteiger partial charge in [-0.2, -0.15) is 0 Å². The first-order valence-corrected chi connectivity index (χ1v) is 7.05. The van der Waals surface area contributed by atoms with Crippen LogP contribution < -0.4 is 4.90 Å². The Labute approximate surface area is 135 Å². The van der Waals surface area contributed by atoms with Gasteiger partial charge in [0.2, 0.25) is 0 Å². The molecule has 2 aromatic carbocycles. The van der Waals surface area contributed by atoms with E-state index in [0.29, 0.717) is 10.6 Å². The SMILES string of the molecule is O=C1C(Cl)=C(c2ccc(Cl)cc2)C(=O)N1c1ccccc1F. The van der Waals surface area contributed by atoms with E-state index in [-0.39, 0.29) is 16.3 Å². The summed E-state index contributed by atoms with van der Waals surface area (Å²) in [5.41, 5.74) is 0.359. The number of anilines is 1. The Kier molecular flexibility index (Phi) is 3.72. The topological polar surface area (TPSA) is 37.4 Å². The molecule has 0 aromatic heterocycles. The molecule has 0 spiro atoms. The molecule has 1 aliphatic rings. The van der Waals surface area contributed by atoms with Gasteiger partial charge < -0.3 is 0 Å². The van der Waals surface area contributed by atoms with E-state index in [1.165, 1.54) is 24.3 Å². The summed E-state index contributed by atoms with van der Waals surface area (Å²) in [5.74, 6) is -2.09. The summed E-state index contributed by atoms with van der Waals surface area (Å²) in [6, 6.07) is 11.8. The van der Waals surface area contributed by atoms with Gasteiger partial charge in [-0.15, -0.1) is 0 Å². The number of carbonyl (C=O) groups is 2. The largest absolute Gasteiger partial charge is 0.277 e. The van der Waals surface area contributed by atoms with Crippen LogP contribution in [-0.4, -0.2) is 11.8 Å². The molecule has 0 unspecified atom stereocenters. The smallest absolute Gasteiger partial charge is 0.268 e. The van der Waals surface area contributed by atoms with E-state index in [1.807, 2.05) is 0 Å². The molecule has 0 fully saturated rings. The number of para-hydroxylation sites is 1. The van der Waals surface area contributed by atoms with Gasteiger partial charge in [0, 0.05) is 5.02 Å². The van der Waals surface area contributed by atoms with Crippen molar-refractivity contribution in [3.63, 3.8) is 0 Å². The van der Waals surface area contributed by atoms with Crippen LogP contribution in [0.15, 0.2) is 53.6 Å². The van der Waals surface area contributed by atoms with E-state index in [1.54, 1.807) is 24.3 Å². The molecule has 0 atom stereocenters. The van der Waals surface area contributed by atoms with Crippen molar-refractivity contribution in [3.05, 3.63) is 70.0 Å². The molecular weight excluding hydrogens is 328 g/mol. The van der Waals surface area contributed by atoms with Gasteiger partial charge in [-0.3, -0.25) is 9.59 Å². The predicted molar refractivity (Wildman–Crippen MR) is 83.1 cm³/mol. The maximum absolute atomic E-state index is 13.9. The fourth-order valence-electron chi connectivity index (χ4n) is 2.22. The molecule has 0 radical (unpaired) electrons. The van der Waals surface area contributed by atoms with Crippen molar-refractivity contribution in [2.75, 3.05) is 4.90 Å². The molecule has 1 aliphatic heterocycles. The molecule has 0 saturated carbocycles. The fourth-order valence-corrected chi connectivity index (χ4v) is 2.62. The Hall–Kier alpha value is -2.17. The molecular formula is C16H8Cl2FNO2. The highest BCUT2D eigenvalue weighted by molar-refractivity contribution is 6.60. The van der Waals surface area contributed by atoms with Gasteiger partial charge in [0.25, 0.3) is 11.8 Å². The minimum atomic E-state index is -0.748. The monoisotopic (exact) mass is 335 g/mol. The van der Waals surface area contributed by atoms with Crippen LogP contribution >= 0.6 is 23.2 Å². The summed E-state index contributed by atoms with van der Waals surface area (Å²) in [6.07, 6.45) is 0. The third-order valence-electron chi connectivity index (χ3n) is 3.25. The van der Waals surface area contributed by atoms with Crippen LogP contribution in [0.2, 0.25) is 5.02 Å². The van der Waals surface area contributed by atoms with Crippen molar-refractivity contribution in [2.24, 2.45) is 0 Å². The highest BCUT2D eigenvalue weighted by Gasteiger charge is 2.40. The first kappa shape index (κ1) is 14.8. The average Bonchev–Trinajstić information content (AvgIpc) is 2.72. The van der Waals surface area contributed by atoms with E-state index < -0.39 is 17.6 Å². The number of hydrogen-bond acceptors (Lipinski definition) is 2. The van der Waals surface area contributed by atoms with Crippen molar-refractivity contribution in [3.8, 4) is 0 Å². The van der Waals surface area contributed by atoms with Crippen molar-refractivity contribution < 1.29 is 14.0 Å². The lowest BCUT2D eigenvalue weighted by molar-refractivity contribution is -0.119. The number of nitrogens with zero attached hydrogens (tertiary/aromatic N) is 1. The molecule has 0 bridgehead atoms. The van der Waals surface area contributed by atoms with E-state index in [9.17, 15) is 14.0 Å². The number of rotatable bonds is 2. The second-order valence-electron chi connectivity index (χ2n) is 4.59. The van der Waals surface area contributed by atoms with Crippen molar-refractivity contribution >= 4 is 46.3 Å². The molecule has 22 heavy (non-hydrogen) atoms. The van der Waals surface area contributed by atoms with E-state index in [0.717, 1.165) is 4.90 Å². The third-order valence-corrected chi connectivity index (χ3v) is 3.86. The van der Waals surface area contributed by atoms with Gasteiger partial charge in [-0.25, -0.2) is 9.29 Å². The summed E-state index contributed by atoms with van der Waals surface area (Å²) in [6.45, 7) is 0. The van der Waals surface area contributed by atoms with Crippen LogP contribution in [0.5, 0.6) is 0 Å². The first-order valence-electron chi connectivity index (χ1n) is 6.29. The molecule has 6 heteroatoms. The maximum atomic E-state index is 13.9. The second-order valence-corrected chi connectivity index (χ2v) is 5.41. The molecule has 0 N–H and O–H groups in total. The van der Waals surface area contributed by atoms with E-state index >= 15 is 0 Å². The van der Waals surface area contributed by atoms with E-state index in [2.05, 4.69) is 0 Å². The third kappa shape index (κ3) is 2.30. The number of halogens is 3. The maximum Gasteiger partial charge on any atom is 0.277 e. The Morgan fingerprint density at radius 2 is 1.50 bits per heavy atom. The quantitative estimate of drug-likeness (QED) is 0.778. The van der Waals surface area contributed by atoms with Crippen molar-refractivity contribution in [1.29, 1.82) is 0 Å². The van der Waals surface area contributed by atoms with Gasteiger partial charge in [-0.05, 0) is 29.8 Å². The van der Waals surface area contributed by atoms with Crippen LogP contribution in [0, 0.1) is 5.82 Å². The lowest BCUT2D eigenvalue weighted by Crippen LogP contribution is -2.31. The minimum absolute atomic E-state index is 0.0339. The standard InChI is InChI=1S/C16H8Cl2FNO2/c17-10-7-5-9(6-8-10)13-14(18)16(22)20(15(13)21)12-4-2-1-3-11(12)19/h1-8H. The van der Waals surface area contributed by atoms with Gasteiger partial charge in [0.05, 0.1) is 11.3 Å². The van der Waals surface area contributed by atoms with Crippen LogP contribution in [0.4, 0.5) is 10.1 Å². The van der Waals surface area contributed by atoms with Crippen molar-refractivity contribution in [2.45, 2.75) is 0 Å². The van der Waals surface area contributed by atoms with Crippen LogP contribution in [0.3, 0.4) is 0 Å². The molecule has 3 rings (SSSR count). The molecule has 3 nitrogen and oxygen atoms in total. The van der Waals surface area contributed by atoms with Crippen LogP contribution in [0.1, 0.15) is 5.56 Å². The number of benzene rings is 2. The lowest BCUT2D eigenvalue weighted by Gasteiger charge is -2.15. The normalized spacial score (nSPS) is 15.0.